The van der Waals surface area contributed by atoms with Crippen LogP contribution in [-0.4, -0.2) is 59.6 Å². The zero-order valence-corrected chi connectivity index (χ0v) is 39.2. The van der Waals surface area contributed by atoms with Crippen molar-refractivity contribution in [3.8, 4) is 11.4 Å². The summed E-state index contributed by atoms with van der Waals surface area (Å²) in [5.41, 5.74) is 1.01. The number of benzene rings is 4. The van der Waals surface area contributed by atoms with Crippen molar-refractivity contribution >= 4 is 29.4 Å². The maximum Gasteiger partial charge on any atom is 0.416 e. The Bertz CT molecular complexity index is 2930. The van der Waals surface area contributed by atoms with E-state index in [4.69, 9.17) is 20.3 Å². The van der Waals surface area contributed by atoms with Crippen LogP contribution in [0.4, 0.5) is 49.6 Å². The lowest BCUT2D eigenvalue weighted by molar-refractivity contribution is -0.155. The number of aromatic carboxylic acids is 1. The molecule has 71 heavy (non-hydrogen) atoms. The van der Waals surface area contributed by atoms with Crippen LogP contribution >= 0.6 is 0 Å². The van der Waals surface area contributed by atoms with Crippen LogP contribution in [0.1, 0.15) is 101 Å². The first-order chi connectivity index (χ1) is 32.6. The normalized spacial score (nSPS) is 11.7. The molecule has 4 aromatic carbocycles. The molecule has 0 saturated heterocycles. The van der Waals surface area contributed by atoms with Gasteiger partial charge in [0.05, 0.1) is 59.0 Å². The number of nitrogens with zero attached hydrogens (tertiary/aromatic N) is 4. The van der Waals surface area contributed by atoms with Crippen LogP contribution in [0, 0.1) is 37.1 Å². The standard InChI is InChI=1S/C25H23F5N2O3.C12H9F3N2O2.C12H15F2NO2/c1-14-12-31-32(13-14)18-8-16(7-17(10-18)25(28,29)30)21(33)9-15-5-6-20(26)19(23(15)27)11-22(34)35-24(2,3)4;1-7-5-16-17(6-7)10-3-8(11(18)19)2-9(4-10)12(13,14)15;1-12(2,3)17-10(16)6-7-8(13)4-5-9(15)11(7)14/h5-8,10,12-13H,9,11H2,1-4H3;2-6H,1H3,(H,18,19);4-5H,6,15H2,1-3H3. The van der Waals surface area contributed by atoms with Crippen LogP contribution in [0.25, 0.3) is 11.4 Å². The molecular formula is C49H47F10N5O7. The highest BCUT2D eigenvalue weighted by molar-refractivity contribution is 5.98. The lowest BCUT2D eigenvalue weighted by atomic mass is 9.97. The second-order valence-electron chi connectivity index (χ2n) is 17.8. The SMILES string of the molecule is CC(C)(C)OC(=O)Cc1c(F)ccc(N)c1F.Cc1cnn(-c2cc(C(=O)Cc3ccc(F)c(CC(=O)OC(C)(C)C)c3F)cc(C(F)(F)F)c2)c1.Cc1cnn(-c2cc(C(=O)O)cc(C(F)(F)F)c2)c1. The monoisotopic (exact) mass is 1010 g/mol. The summed E-state index contributed by atoms with van der Waals surface area (Å²) in [7, 11) is 0. The van der Waals surface area contributed by atoms with Gasteiger partial charge in [0.2, 0.25) is 0 Å². The van der Waals surface area contributed by atoms with Gasteiger partial charge in [0.25, 0.3) is 0 Å². The number of hydrogen-bond donors (Lipinski definition) is 2. The van der Waals surface area contributed by atoms with Crippen LogP contribution in [0.2, 0.25) is 0 Å². The Hall–Kier alpha value is -7.52. The van der Waals surface area contributed by atoms with Crippen LogP contribution < -0.4 is 5.73 Å². The number of carboxylic acids is 1. The van der Waals surface area contributed by atoms with E-state index in [1.807, 2.05) is 0 Å². The highest BCUT2D eigenvalue weighted by Gasteiger charge is 2.34. The smallest absolute Gasteiger partial charge is 0.416 e. The maximum absolute atomic E-state index is 15.0. The zero-order chi connectivity index (χ0) is 53.6. The third-order valence-corrected chi connectivity index (χ3v) is 9.33. The van der Waals surface area contributed by atoms with E-state index in [1.54, 1.807) is 55.4 Å². The van der Waals surface area contributed by atoms with Crippen LogP contribution in [0.3, 0.4) is 0 Å². The number of carboxylic acid groups (broad SMARTS) is 1. The van der Waals surface area contributed by atoms with E-state index in [0.717, 1.165) is 48.0 Å². The molecule has 0 amide bonds. The first-order valence-corrected chi connectivity index (χ1v) is 21.0. The van der Waals surface area contributed by atoms with E-state index in [-0.39, 0.29) is 33.8 Å². The van der Waals surface area contributed by atoms with Gasteiger partial charge < -0.3 is 20.3 Å². The Morgan fingerprint density at radius 2 is 1.00 bits per heavy atom. The van der Waals surface area contributed by atoms with E-state index in [0.29, 0.717) is 17.7 Å². The summed E-state index contributed by atoms with van der Waals surface area (Å²) < 4.78 is 147. The van der Waals surface area contributed by atoms with Gasteiger partial charge in [-0.1, -0.05) is 6.07 Å². The number of Topliss-reactive ketones (excluding diaryl/α,β-unsaturated/α-hetero) is 1. The van der Waals surface area contributed by atoms with Crippen molar-refractivity contribution < 1.29 is 77.7 Å². The molecule has 0 atom stereocenters. The predicted molar refractivity (Wildman–Crippen MR) is 238 cm³/mol. The number of ether oxygens (including phenoxy) is 2. The molecule has 6 aromatic rings. The van der Waals surface area contributed by atoms with Gasteiger partial charge in [-0.2, -0.15) is 36.5 Å². The molecule has 0 bridgehead atoms. The van der Waals surface area contributed by atoms with Gasteiger partial charge in [-0.25, -0.2) is 31.7 Å². The van der Waals surface area contributed by atoms with Gasteiger partial charge in [0, 0.05) is 35.5 Å². The third-order valence-electron chi connectivity index (χ3n) is 9.33. The lowest BCUT2D eigenvalue weighted by Crippen LogP contribution is -2.25. The van der Waals surface area contributed by atoms with Gasteiger partial charge >= 0.3 is 30.3 Å². The van der Waals surface area contributed by atoms with Gasteiger partial charge in [-0.05, 0) is 127 Å². The number of aryl methyl sites for hydroxylation is 2. The van der Waals surface area contributed by atoms with E-state index < -0.39 is 112 Å². The number of ketones is 1. The van der Waals surface area contributed by atoms with Gasteiger partial charge in [0.1, 0.15) is 28.7 Å². The van der Waals surface area contributed by atoms with E-state index in [1.165, 1.54) is 40.2 Å². The molecule has 0 aliphatic carbocycles. The second-order valence-corrected chi connectivity index (χ2v) is 17.8. The lowest BCUT2D eigenvalue weighted by Gasteiger charge is -2.20. The first kappa shape index (κ1) is 56.1. The molecule has 380 valence electrons. The number of carbonyl (C=O) groups excluding carboxylic acids is 3. The van der Waals surface area contributed by atoms with Crippen LogP contribution in [0.15, 0.2) is 85.5 Å². The fourth-order valence-electron chi connectivity index (χ4n) is 6.25. The van der Waals surface area contributed by atoms with Crippen molar-refractivity contribution in [3.63, 3.8) is 0 Å². The number of nitrogens with two attached hydrogens (primary N) is 1. The minimum Gasteiger partial charge on any atom is -0.478 e. The summed E-state index contributed by atoms with van der Waals surface area (Å²) in [5.74, 6) is -7.64. The number of aromatic nitrogens is 4. The number of alkyl halides is 6. The molecule has 2 heterocycles. The molecule has 0 unspecified atom stereocenters. The van der Waals surface area contributed by atoms with E-state index >= 15 is 4.39 Å². The number of nitrogen functional groups attached to an aromatic ring is 1. The number of esters is 2. The van der Waals surface area contributed by atoms with Crippen LogP contribution in [-0.2, 0) is 50.7 Å². The largest absolute Gasteiger partial charge is 0.478 e. The van der Waals surface area contributed by atoms with Crippen molar-refractivity contribution in [2.45, 2.75) is 98.2 Å². The van der Waals surface area contributed by atoms with Crippen LogP contribution in [0.5, 0.6) is 0 Å². The number of hydrogen-bond acceptors (Lipinski definition) is 9. The van der Waals surface area contributed by atoms with Crippen molar-refractivity contribution in [1.82, 2.24) is 19.6 Å². The third kappa shape index (κ3) is 16.3. The fraction of sp³-hybridized carbons (Fsp3) is 0.306. The predicted octanol–water partition coefficient (Wildman–Crippen LogP) is 11.1. The summed E-state index contributed by atoms with van der Waals surface area (Å²) in [6.45, 7) is 13.3. The minimum absolute atomic E-state index is 0.00136. The molecule has 0 saturated carbocycles. The van der Waals surface area contributed by atoms with Gasteiger partial charge in [-0.3, -0.25) is 14.4 Å². The number of carbonyl (C=O) groups is 4. The Morgan fingerprint density at radius 1 is 0.592 bits per heavy atom. The summed E-state index contributed by atoms with van der Waals surface area (Å²) in [4.78, 5) is 47.3. The van der Waals surface area contributed by atoms with Crippen molar-refractivity contribution in [2.24, 2.45) is 0 Å². The topological polar surface area (TPSA) is 169 Å². The highest BCUT2D eigenvalue weighted by Crippen LogP contribution is 2.33. The quantitative estimate of drug-likeness (QED) is 0.0583. The molecule has 6 rings (SSSR count). The van der Waals surface area contributed by atoms with E-state index in [9.17, 15) is 58.7 Å². The fourth-order valence-corrected chi connectivity index (χ4v) is 6.25. The summed E-state index contributed by atoms with van der Waals surface area (Å²) in [5, 5.41) is 16.7. The molecule has 0 aliphatic heterocycles. The second kappa shape index (κ2) is 22.1. The Balaban J connectivity index is 0.000000256. The maximum atomic E-state index is 15.0. The highest BCUT2D eigenvalue weighted by atomic mass is 19.4. The molecule has 0 radical (unpaired) electrons. The zero-order valence-electron chi connectivity index (χ0n) is 39.2. The Kier molecular flexibility index (Phi) is 17.4. The average molecular weight is 1010 g/mol. The summed E-state index contributed by atoms with van der Waals surface area (Å²) >= 11 is 0. The Labute approximate surface area is 400 Å². The van der Waals surface area contributed by atoms with Gasteiger partial charge in [-0.15, -0.1) is 0 Å². The number of halogens is 10. The molecule has 0 aliphatic rings. The molecule has 12 nitrogen and oxygen atoms in total. The molecule has 0 fully saturated rings. The first-order valence-electron chi connectivity index (χ1n) is 21.0. The average Bonchev–Trinajstić information content (AvgIpc) is 3.89. The van der Waals surface area contributed by atoms with Crippen molar-refractivity contribution in [1.29, 1.82) is 0 Å². The molecule has 3 N–H and O–H groups in total. The summed E-state index contributed by atoms with van der Waals surface area (Å²) in [6.07, 6.45) is -5.25. The number of rotatable bonds is 10. The minimum atomic E-state index is -4.74. The van der Waals surface area contributed by atoms with Crippen molar-refractivity contribution in [3.05, 3.63) is 159 Å². The summed E-state index contributed by atoms with van der Waals surface area (Å²) in [6, 6.07) is 9.40. The Morgan fingerprint density at radius 3 is 1.39 bits per heavy atom. The number of anilines is 1. The molecular weight excluding hydrogens is 961 g/mol. The van der Waals surface area contributed by atoms with Gasteiger partial charge in [0.15, 0.2) is 11.6 Å². The van der Waals surface area contributed by atoms with E-state index in [2.05, 4.69) is 10.2 Å². The molecule has 22 heteroatoms. The molecule has 0 spiro atoms. The molecule has 2 aromatic heterocycles. The van der Waals surface area contributed by atoms with Crippen molar-refractivity contribution in [2.75, 3.05) is 5.73 Å².